The average Bonchev–Trinajstić information content (AvgIpc) is 2.58. The maximum Gasteiger partial charge on any atom is 0.241 e. The van der Waals surface area contributed by atoms with Crippen molar-refractivity contribution in [2.45, 2.75) is 46.8 Å². The number of aliphatic imine (C=N–C) groups is 1. The Bertz CT molecular complexity index is 591. The van der Waals surface area contributed by atoms with Crippen LogP contribution in [0.25, 0.3) is 0 Å². The van der Waals surface area contributed by atoms with Crippen LogP contribution < -0.4 is 15.4 Å². The lowest BCUT2D eigenvalue weighted by Gasteiger charge is -2.17. The molecule has 2 N–H and O–H groups in total. The molecule has 1 atom stereocenters. The second-order valence-electron chi connectivity index (χ2n) is 6.28. The van der Waals surface area contributed by atoms with Crippen LogP contribution >= 0.6 is 24.0 Å². The fourth-order valence-electron chi connectivity index (χ4n) is 2.03. The Labute approximate surface area is 174 Å². The minimum atomic E-state index is 0. The molecule has 0 aromatic heterocycles. The number of halogens is 1. The maximum absolute atomic E-state index is 11.7. The van der Waals surface area contributed by atoms with E-state index in [2.05, 4.69) is 42.5 Å². The van der Waals surface area contributed by atoms with Gasteiger partial charge in [0.25, 0.3) is 0 Å². The lowest BCUT2D eigenvalue weighted by molar-refractivity contribution is -0.127. The van der Waals surface area contributed by atoms with Crippen LogP contribution in [0.3, 0.4) is 0 Å². The molecule has 1 rings (SSSR count). The number of aryl methyl sites for hydroxylation is 1. The maximum atomic E-state index is 11.7. The molecule has 0 radical (unpaired) electrons. The molecule has 0 heterocycles. The summed E-state index contributed by atoms with van der Waals surface area (Å²) in [6, 6.07) is 6.16. The van der Waals surface area contributed by atoms with Crippen LogP contribution in [0.1, 0.15) is 38.3 Å². The van der Waals surface area contributed by atoms with E-state index in [9.17, 15) is 4.79 Å². The number of hydrogen-bond donors (Lipinski definition) is 2. The highest BCUT2D eigenvalue weighted by Gasteiger charge is 2.09. The van der Waals surface area contributed by atoms with Gasteiger partial charge in [-0.05, 0) is 38.8 Å². The van der Waals surface area contributed by atoms with E-state index < -0.39 is 0 Å². The van der Waals surface area contributed by atoms with Gasteiger partial charge in [-0.3, -0.25) is 4.79 Å². The van der Waals surface area contributed by atoms with Gasteiger partial charge in [0.1, 0.15) is 5.75 Å². The molecule has 1 aromatic carbocycles. The van der Waals surface area contributed by atoms with Crippen molar-refractivity contribution in [2.24, 2.45) is 4.99 Å². The van der Waals surface area contributed by atoms with Gasteiger partial charge < -0.3 is 20.3 Å². The van der Waals surface area contributed by atoms with E-state index >= 15 is 0 Å². The van der Waals surface area contributed by atoms with E-state index in [1.165, 1.54) is 0 Å². The molecule has 7 heteroatoms. The number of nitrogens with zero attached hydrogens (tertiary/aromatic N) is 2. The first kappa shape index (κ1) is 24.5. The predicted molar refractivity (Wildman–Crippen MR) is 118 cm³/mol. The van der Waals surface area contributed by atoms with Crippen LogP contribution in [0.15, 0.2) is 23.2 Å². The highest BCUT2D eigenvalue weighted by molar-refractivity contribution is 14.0. The molecule has 0 aliphatic carbocycles. The minimum absolute atomic E-state index is 0. The summed E-state index contributed by atoms with van der Waals surface area (Å²) in [7, 11) is 3.47. The molecule has 0 spiro atoms. The zero-order valence-corrected chi connectivity index (χ0v) is 19.1. The molecule has 26 heavy (non-hydrogen) atoms. The summed E-state index contributed by atoms with van der Waals surface area (Å²) in [5.74, 6) is 1.49. The van der Waals surface area contributed by atoms with Crippen molar-refractivity contribution in [1.82, 2.24) is 15.5 Å². The Morgan fingerprint density at radius 2 is 1.96 bits per heavy atom. The number of likely N-dealkylation sites (N-methyl/N-ethyl adjacent to an activating group) is 1. The average molecular weight is 476 g/mol. The molecule has 1 unspecified atom stereocenters. The first-order chi connectivity index (χ1) is 11.9. The summed E-state index contributed by atoms with van der Waals surface area (Å²) in [6.07, 6.45) is 1.11. The Kier molecular flexibility index (Phi) is 12.0. The van der Waals surface area contributed by atoms with E-state index in [4.69, 9.17) is 4.74 Å². The lowest BCUT2D eigenvalue weighted by Crippen LogP contribution is -2.42. The van der Waals surface area contributed by atoms with Gasteiger partial charge in [-0.1, -0.05) is 19.1 Å². The van der Waals surface area contributed by atoms with E-state index in [0.29, 0.717) is 12.5 Å². The van der Waals surface area contributed by atoms with Crippen molar-refractivity contribution < 1.29 is 9.53 Å². The number of hydrogen-bond acceptors (Lipinski definition) is 3. The zero-order chi connectivity index (χ0) is 18.8. The summed E-state index contributed by atoms with van der Waals surface area (Å²) in [5, 5.41) is 6.22. The van der Waals surface area contributed by atoms with Gasteiger partial charge >= 0.3 is 0 Å². The summed E-state index contributed by atoms with van der Waals surface area (Å²) >= 11 is 0. The Morgan fingerprint density at radius 1 is 1.27 bits per heavy atom. The molecule has 0 fully saturated rings. The number of carbonyl (C=O) groups excluding carboxylic acids is 1. The molecule has 0 saturated carbocycles. The smallest absolute Gasteiger partial charge is 0.241 e. The number of amides is 1. The Balaban J connectivity index is 0.00000625. The van der Waals surface area contributed by atoms with Gasteiger partial charge in [0.15, 0.2) is 5.96 Å². The van der Waals surface area contributed by atoms with Crippen LogP contribution in [0.2, 0.25) is 0 Å². The third-order valence-electron chi connectivity index (χ3n) is 3.78. The number of benzene rings is 1. The summed E-state index contributed by atoms with van der Waals surface area (Å²) in [6.45, 7) is 9.64. The monoisotopic (exact) mass is 476 g/mol. The normalized spacial score (nSPS) is 12.0. The summed E-state index contributed by atoms with van der Waals surface area (Å²) in [4.78, 5) is 17.9. The van der Waals surface area contributed by atoms with Crippen LogP contribution in [-0.4, -0.2) is 50.1 Å². The number of ether oxygens (including phenoxy) is 1. The Hall–Kier alpha value is -1.51. The van der Waals surface area contributed by atoms with E-state index in [-0.39, 0.29) is 42.5 Å². The van der Waals surface area contributed by atoms with Crippen molar-refractivity contribution in [3.05, 3.63) is 29.3 Å². The minimum Gasteiger partial charge on any atom is -0.490 e. The highest BCUT2D eigenvalue weighted by atomic mass is 127. The number of rotatable bonds is 8. The quantitative estimate of drug-likeness (QED) is 0.344. The first-order valence-electron chi connectivity index (χ1n) is 8.85. The third kappa shape index (κ3) is 8.73. The van der Waals surface area contributed by atoms with Crippen LogP contribution in [-0.2, 0) is 11.3 Å². The molecule has 1 aromatic rings. The first-order valence-corrected chi connectivity index (χ1v) is 8.85. The third-order valence-corrected chi connectivity index (χ3v) is 3.78. The number of guanidine groups is 1. The molecule has 0 bridgehead atoms. The highest BCUT2D eigenvalue weighted by Crippen LogP contribution is 2.23. The van der Waals surface area contributed by atoms with Gasteiger partial charge in [-0.2, -0.15) is 0 Å². The molecule has 0 saturated heterocycles. The molecule has 6 nitrogen and oxygen atoms in total. The lowest BCUT2D eigenvalue weighted by atomic mass is 10.1. The summed E-state index contributed by atoms with van der Waals surface area (Å²) in [5.41, 5.74) is 2.19. The van der Waals surface area contributed by atoms with Gasteiger partial charge in [-0.15, -0.1) is 24.0 Å². The van der Waals surface area contributed by atoms with Crippen molar-refractivity contribution in [2.75, 3.05) is 27.2 Å². The largest absolute Gasteiger partial charge is 0.490 e. The van der Waals surface area contributed by atoms with Gasteiger partial charge in [0.2, 0.25) is 5.91 Å². The van der Waals surface area contributed by atoms with Crippen molar-refractivity contribution in [3.63, 3.8) is 0 Å². The SMILES string of the molecule is CCNC(=NCc1ccc(C)cc1OC(C)CC)NCC(=O)N(C)C.I. The van der Waals surface area contributed by atoms with Gasteiger partial charge in [0, 0.05) is 26.2 Å². The fourth-order valence-corrected chi connectivity index (χ4v) is 2.03. The molecule has 0 aliphatic heterocycles. The standard InChI is InChI=1S/C19H32N4O2.HI/c1-7-15(4)25-17-11-14(3)9-10-16(17)12-21-19(20-8-2)22-13-18(24)23(5)6;/h9-11,15H,7-8,12-13H2,1-6H3,(H2,20,21,22);1H. The molecular formula is C19H33IN4O2. The predicted octanol–water partition coefficient (Wildman–Crippen LogP) is 2.93. The van der Waals surface area contributed by atoms with Crippen LogP contribution in [0.4, 0.5) is 0 Å². The second-order valence-corrected chi connectivity index (χ2v) is 6.28. The Morgan fingerprint density at radius 3 is 2.54 bits per heavy atom. The number of carbonyl (C=O) groups is 1. The second kappa shape index (κ2) is 12.8. The van der Waals surface area contributed by atoms with Gasteiger partial charge in [-0.25, -0.2) is 4.99 Å². The van der Waals surface area contributed by atoms with Crippen molar-refractivity contribution >= 4 is 35.8 Å². The van der Waals surface area contributed by atoms with E-state index in [0.717, 1.165) is 29.8 Å². The van der Waals surface area contributed by atoms with Crippen LogP contribution in [0, 0.1) is 6.92 Å². The summed E-state index contributed by atoms with van der Waals surface area (Å²) < 4.78 is 6.03. The molecule has 148 valence electrons. The molecule has 0 aliphatic rings. The van der Waals surface area contributed by atoms with Crippen LogP contribution in [0.5, 0.6) is 5.75 Å². The molecule has 1 amide bonds. The number of nitrogens with one attached hydrogen (secondary N) is 2. The van der Waals surface area contributed by atoms with Gasteiger partial charge in [0.05, 0.1) is 19.2 Å². The van der Waals surface area contributed by atoms with E-state index in [1.54, 1.807) is 19.0 Å². The van der Waals surface area contributed by atoms with E-state index in [1.807, 2.05) is 19.1 Å². The molecular weight excluding hydrogens is 443 g/mol. The topological polar surface area (TPSA) is 66.0 Å². The zero-order valence-electron chi connectivity index (χ0n) is 16.8. The van der Waals surface area contributed by atoms with Crippen molar-refractivity contribution in [1.29, 1.82) is 0 Å². The van der Waals surface area contributed by atoms with Crippen molar-refractivity contribution in [3.8, 4) is 5.75 Å². The fraction of sp³-hybridized carbons (Fsp3) is 0.579.